The van der Waals surface area contributed by atoms with Gasteiger partial charge in [-0.15, -0.1) is 0 Å². The maximum Gasteiger partial charge on any atom is 0.228 e. The number of amides is 2. The molecule has 2 saturated heterocycles. The molecule has 4 rings (SSSR count). The van der Waals surface area contributed by atoms with Crippen LogP contribution in [-0.2, 0) is 9.59 Å². The van der Waals surface area contributed by atoms with E-state index in [1.54, 1.807) is 24.1 Å². The first kappa shape index (κ1) is 18.5. The average Bonchev–Trinajstić information content (AvgIpc) is 3.03. The monoisotopic (exact) mass is 381 g/mol. The first-order valence-electron chi connectivity index (χ1n) is 9.64. The van der Waals surface area contributed by atoms with Crippen molar-refractivity contribution in [2.24, 2.45) is 5.92 Å². The number of piperazine rings is 1. The number of rotatable bonds is 3. The summed E-state index contributed by atoms with van der Waals surface area (Å²) in [5.41, 5.74) is 1.96. The van der Waals surface area contributed by atoms with Crippen molar-refractivity contribution in [1.29, 1.82) is 0 Å². The molecule has 6 heteroatoms. The molecule has 28 heavy (non-hydrogen) atoms. The Balaban J connectivity index is 1.47. The minimum absolute atomic E-state index is 0.0136. The van der Waals surface area contributed by atoms with Crippen LogP contribution in [0.1, 0.15) is 18.0 Å². The first-order chi connectivity index (χ1) is 13.5. The molecule has 5 nitrogen and oxygen atoms in total. The average molecular weight is 381 g/mol. The van der Waals surface area contributed by atoms with Crippen LogP contribution in [-0.4, -0.2) is 54.8 Å². The zero-order valence-electron chi connectivity index (χ0n) is 15.9. The van der Waals surface area contributed by atoms with Crippen LogP contribution in [0.15, 0.2) is 54.6 Å². The van der Waals surface area contributed by atoms with Crippen molar-refractivity contribution in [1.82, 2.24) is 9.80 Å². The molecule has 0 saturated carbocycles. The lowest BCUT2D eigenvalue weighted by atomic mass is 9.92. The molecule has 2 fully saturated rings. The molecule has 2 aromatic rings. The van der Waals surface area contributed by atoms with Gasteiger partial charge in [-0.05, 0) is 29.8 Å². The van der Waals surface area contributed by atoms with Crippen molar-refractivity contribution in [2.45, 2.75) is 12.5 Å². The molecular formula is C22H24FN3O2. The van der Waals surface area contributed by atoms with E-state index >= 15 is 0 Å². The third kappa shape index (κ3) is 3.46. The summed E-state index contributed by atoms with van der Waals surface area (Å²) in [6, 6.07) is 15.9. The number of carbonyl (C=O) groups is 2. The van der Waals surface area contributed by atoms with Crippen molar-refractivity contribution >= 4 is 17.5 Å². The van der Waals surface area contributed by atoms with Gasteiger partial charge < -0.3 is 14.7 Å². The minimum Gasteiger partial charge on any atom is -0.368 e. The van der Waals surface area contributed by atoms with Crippen LogP contribution in [0.4, 0.5) is 10.1 Å². The Kier molecular flexibility index (Phi) is 5.03. The van der Waals surface area contributed by atoms with Gasteiger partial charge in [0.05, 0.1) is 12.0 Å². The fourth-order valence-electron chi connectivity index (χ4n) is 4.27. The second kappa shape index (κ2) is 7.62. The van der Waals surface area contributed by atoms with Crippen LogP contribution >= 0.6 is 0 Å². The quantitative estimate of drug-likeness (QED) is 0.821. The lowest BCUT2D eigenvalue weighted by Gasteiger charge is -2.38. The van der Waals surface area contributed by atoms with Gasteiger partial charge in [-0.2, -0.15) is 0 Å². The number of halogens is 1. The van der Waals surface area contributed by atoms with Gasteiger partial charge in [-0.1, -0.05) is 30.3 Å². The number of hydrogen-bond donors (Lipinski definition) is 0. The molecule has 2 atom stereocenters. The van der Waals surface area contributed by atoms with E-state index in [0.717, 1.165) is 24.3 Å². The Morgan fingerprint density at radius 2 is 1.61 bits per heavy atom. The molecule has 2 aromatic carbocycles. The molecule has 2 heterocycles. The predicted octanol–water partition coefficient (Wildman–Crippen LogP) is 2.69. The largest absolute Gasteiger partial charge is 0.368 e. The highest BCUT2D eigenvalue weighted by Gasteiger charge is 2.44. The molecule has 0 N–H and O–H groups in total. The summed E-state index contributed by atoms with van der Waals surface area (Å²) >= 11 is 0. The van der Waals surface area contributed by atoms with Crippen LogP contribution in [0.5, 0.6) is 0 Å². The van der Waals surface area contributed by atoms with Crippen molar-refractivity contribution in [3.63, 3.8) is 0 Å². The summed E-state index contributed by atoms with van der Waals surface area (Å²) in [5.74, 6) is -0.780. The molecular weight excluding hydrogens is 357 g/mol. The van der Waals surface area contributed by atoms with Gasteiger partial charge in [0.1, 0.15) is 5.82 Å². The topological polar surface area (TPSA) is 43.9 Å². The Labute approximate surface area is 164 Å². The summed E-state index contributed by atoms with van der Waals surface area (Å²) < 4.78 is 13.3. The van der Waals surface area contributed by atoms with Crippen LogP contribution in [0.25, 0.3) is 0 Å². The van der Waals surface area contributed by atoms with Gasteiger partial charge in [-0.3, -0.25) is 9.59 Å². The molecule has 0 spiro atoms. The Hall–Kier alpha value is -2.89. The number of anilines is 1. The van der Waals surface area contributed by atoms with Gasteiger partial charge >= 0.3 is 0 Å². The number of nitrogens with zero attached hydrogens (tertiary/aromatic N) is 3. The summed E-state index contributed by atoms with van der Waals surface area (Å²) in [5, 5.41) is 0. The molecule has 2 amide bonds. The Bertz CT molecular complexity index is 848. The van der Waals surface area contributed by atoms with Crippen molar-refractivity contribution in [3.8, 4) is 0 Å². The third-order valence-electron chi connectivity index (χ3n) is 5.83. The summed E-state index contributed by atoms with van der Waals surface area (Å²) in [6.45, 7) is 2.82. The third-order valence-corrected chi connectivity index (χ3v) is 5.83. The van der Waals surface area contributed by atoms with E-state index in [1.165, 1.54) is 12.1 Å². The molecule has 0 bridgehead atoms. The van der Waals surface area contributed by atoms with Crippen LogP contribution in [0, 0.1) is 11.7 Å². The highest BCUT2D eigenvalue weighted by molar-refractivity contribution is 5.90. The second-order valence-electron chi connectivity index (χ2n) is 7.46. The molecule has 2 unspecified atom stereocenters. The van der Waals surface area contributed by atoms with Crippen LogP contribution in [0.2, 0.25) is 0 Å². The lowest BCUT2D eigenvalue weighted by molar-refractivity contribution is -0.136. The molecule has 0 aliphatic carbocycles. The van der Waals surface area contributed by atoms with E-state index in [2.05, 4.69) is 17.0 Å². The van der Waals surface area contributed by atoms with Crippen LogP contribution in [0.3, 0.4) is 0 Å². The van der Waals surface area contributed by atoms with E-state index in [0.29, 0.717) is 13.1 Å². The normalized spacial score (nSPS) is 22.6. The maximum absolute atomic E-state index is 13.3. The number of carbonyl (C=O) groups excluding carboxylic acids is 2. The number of hydrogen-bond acceptors (Lipinski definition) is 3. The fraction of sp³-hybridized carbons (Fsp3) is 0.364. The first-order valence-corrected chi connectivity index (χ1v) is 9.64. The lowest BCUT2D eigenvalue weighted by Crippen LogP contribution is -2.51. The Morgan fingerprint density at radius 1 is 0.964 bits per heavy atom. The van der Waals surface area contributed by atoms with E-state index in [-0.39, 0.29) is 30.1 Å². The van der Waals surface area contributed by atoms with E-state index in [1.807, 2.05) is 23.1 Å². The standard InChI is InChI=1S/C22H24FN3O2/c1-24-20(27)15-19(21(24)16-7-9-17(23)10-8-16)22(28)26-13-11-25(12-14-26)18-5-3-2-4-6-18/h2-10,19,21H,11-15H2,1H3. The SMILES string of the molecule is CN1C(=O)CC(C(=O)N2CCN(c3ccccc3)CC2)C1c1ccc(F)cc1. The van der Waals surface area contributed by atoms with E-state index < -0.39 is 5.92 Å². The van der Waals surface area contributed by atoms with Crippen LogP contribution < -0.4 is 4.90 Å². The zero-order chi connectivity index (χ0) is 19.7. The van der Waals surface area contributed by atoms with Crippen molar-refractivity contribution < 1.29 is 14.0 Å². The summed E-state index contributed by atoms with van der Waals surface area (Å²) in [6.07, 6.45) is 0.205. The number of para-hydroxylation sites is 1. The van der Waals surface area contributed by atoms with E-state index in [9.17, 15) is 14.0 Å². The van der Waals surface area contributed by atoms with Gasteiger partial charge in [0.2, 0.25) is 11.8 Å². The maximum atomic E-state index is 13.3. The highest BCUT2D eigenvalue weighted by Crippen LogP contribution is 2.38. The molecule has 0 radical (unpaired) electrons. The van der Waals surface area contributed by atoms with Gasteiger partial charge in [0.25, 0.3) is 0 Å². The van der Waals surface area contributed by atoms with E-state index in [4.69, 9.17) is 0 Å². The predicted molar refractivity (Wildman–Crippen MR) is 105 cm³/mol. The summed E-state index contributed by atoms with van der Waals surface area (Å²) in [7, 11) is 1.72. The molecule has 2 aliphatic rings. The van der Waals surface area contributed by atoms with Crippen molar-refractivity contribution in [3.05, 3.63) is 66.0 Å². The number of benzene rings is 2. The summed E-state index contributed by atoms with van der Waals surface area (Å²) in [4.78, 5) is 31.3. The minimum atomic E-state index is -0.425. The smallest absolute Gasteiger partial charge is 0.228 e. The van der Waals surface area contributed by atoms with Gasteiger partial charge in [-0.25, -0.2) is 4.39 Å². The molecule has 146 valence electrons. The number of likely N-dealkylation sites (tertiary alicyclic amines) is 1. The highest BCUT2D eigenvalue weighted by atomic mass is 19.1. The van der Waals surface area contributed by atoms with Crippen molar-refractivity contribution in [2.75, 3.05) is 38.1 Å². The van der Waals surface area contributed by atoms with Gasteiger partial charge in [0, 0.05) is 45.3 Å². The Morgan fingerprint density at radius 3 is 2.25 bits per heavy atom. The second-order valence-corrected chi connectivity index (χ2v) is 7.46. The fourth-order valence-corrected chi connectivity index (χ4v) is 4.27. The molecule has 2 aliphatic heterocycles. The zero-order valence-corrected chi connectivity index (χ0v) is 15.9. The van der Waals surface area contributed by atoms with Gasteiger partial charge in [0.15, 0.2) is 0 Å². The molecule has 0 aromatic heterocycles.